The number of carbonyl (C=O) groups is 1. The minimum Gasteiger partial charge on any atom is -0.481 e. The Morgan fingerprint density at radius 1 is 1.47 bits per heavy atom. The molecule has 0 amide bonds. The van der Waals surface area contributed by atoms with Crippen LogP contribution in [0.1, 0.15) is 37.8 Å². The fourth-order valence-electron chi connectivity index (χ4n) is 1.40. The van der Waals surface area contributed by atoms with Crippen molar-refractivity contribution in [2.45, 2.75) is 39.0 Å². The predicted molar refractivity (Wildman–Crippen MR) is 55.6 cm³/mol. The zero-order valence-corrected chi connectivity index (χ0v) is 9.23. The monoisotopic (exact) mass is 211 g/mol. The number of hydrogen-bond donors (Lipinski definition) is 1. The molecule has 0 saturated heterocycles. The molecule has 1 aromatic heterocycles. The molecule has 1 N–H and O–H groups in total. The first-order valence-corrected chi connectivity index (χ1v) is 5.24. The van der Waals surface area contributed by atoms with Crippen molar-refractivity contribution in [2.75, 3.05) is 0 Å². The number of nitrogens with zero attached hydrogens (tertiary/aromatic N) is 3. The summed E-state index contributed by atoms with van der Waals surface area (Å²) in [6.07, 6.45) is 3.42. The Bertz CT molecular complexity index is 333. The van der Waals surface area contributed by atoms with E-state index in [4.69, 9.17) is 5.11 Å². The van der Waals surface area contributed by atoms with Crippen LogP contribution >= 0.6 is 0 Å². The van der Waals surface area contributed by atoms with Gasteiger partial charge in [0.2, 0.25) is 0 Å². The van der Waals surface area contributed by atoms with Crippen molar-refractivity contribution in [3.05, 3.63) is 11.6 Å². The third-order valence-corrected chi connectivity index (χ3v) is 2.25. The lowest BCUT2D eigenvalue weighted by Gasteiger charge is -1.98. The Morgan fingerprint density at radius 2 is 2.20 bits per heavy atom. The number of aryl methyl sites for hydroxylation is 3. The molecule has 1 heterocycles. The standard InChI is InChI=1S/C10H17N3O2/c1-3-8-11-9(13(2)12-8)6-4-5-7-10(14)15/h3-7H2,1-2H3,(H,14,15). The molecule has 0 aliphatic carbocycles. The van der Waals surface area contributed by atoms with Gasteiger partial charge in [0.05, 0.1) is 0 Å². The molecule has 0 radical (unpaired) electrons. The third-order valence-electron chi connectivity index (χ3n) is 2.25. The number of aromatic nitrogens is 3. The summed E-state index contributed by atoms with van der Waals surface area (Å²) in [5.41, 5.74) is 0. The fraction of sp³-hybridized carbons (Fsp3) is 0.700. The molecule has 0 aliphatic rings. The molecule has 5 nitrogen and oxygen atoms in total. The van der Waals surface area contributed by atoms with E-state index >= 15 is 0 Å². The largest absolute Gasteiger partial charge is 0.481 e. The van der Waals surface area contributed by atoms with Gasteiger partial charge >= 0.3 is 5.97 Å². The van der Waals surface area contributed by atoms with Crippen molar-refractivity contribution in [1.82, 2.24) is 14.8 Å². The van der Waals surface area contributed by atoms with Crippen LogP contribution in [0.15, 0.2) is 0 Å². The van der Waals surface area contributed by atoms with Crippen LogP contribution in [0.2, 0.25) is 0 Å². The zero-order chi connectivity index (χ0) is 11.3. The molecule has 15 heavy (non-hydrogen) atoms. The maximum Gasteiger partial charge on any atom is 0.303 e. The van der Waals surface area contributed by atoms with Gasteiger partial charge in [0, 0.05) is 26.3 Å². The second-order valence-corrected chi connectivity index (χ2v) is 3.52. The summed E-state index contributed by atoms with van der Waals surface area (Å²) in [5, 5.41) is 12.7. The Hall–Kier alpha value is -1.39. The summed E-state index contributed by atoms with van der Waals surface area (Å²) in [7, 11) is 1.87. The van der Waals surface area contributed by atoms with Crippen LogP contribution in [0.5, 0.6) is 0 Å². The van der Waals surface area contributed by atoms with E-state index in [1.165, 1.54) is 0 Å². The number of carboxylic acid groups (broad SMARTS) is 1. The SMILES string of the molecule is CCc1nc(CCCCC(=O)O)n(C)n1. The van der Waals surface area contributed by atoms with Crippen molar-refractivity contribution >= 4 is 5.97 Å². The van der Waals surface area contributed by atoms with Crippen molar-refractivity contribution in [3.8, 4) is 0 Å². The van der Waals surface area contributed by atoms with Gasteiger partial charge in [-0.2, -0.15) is 5.10 Å². The predicted octanol–water partition coefficient (Wildman–Crippen LogP) is 1.17. The van der Waals surface area contributed by atoms with E-state index in [0.29, 0.717) is 6.42 Å². The third kappa shape index (κ3) is 3.69. The first kappa shape index (κ1) is 11.7. The normalized spacial score (nSPS) is 10.5. The quantitative estimate of drug-likeness (QED) is 0.717. The summed E-state index contributed by atoms with van der Waals surface area (Å²) in [6.45, 7) is 2.02. The highest BCUT2D eigenvalue weighted by atomic mass is 16.4. The maximum absolute atomic E-state index is 10.3. The van der Waals surface area contributed by atoms with Crippen molar-refractivity contribution < 1.29 is 9.90 Å². The molecule has 0 saturated carbocycles. The first-order valence-electron chi connectivity index (χ1n) is 5.24. The summed E-state index contributed by atoms with van der Waals surface area (Å²) in [6, 6.07) is 0. The lowest BCUT2D eigenvalue weighted by molar-refractivity contribution is -0.137. The van der Waals surface area contributed by atoms with Gasteiger partial charge in [-0.3, -0.25) is 9.48 Å². The average molecular weight is 211 g/mol. The highest BCUT2D eigenvalue weighted by molar-refractivity contribution is 5.66. The molecule has 84 valence electrons. The summed E-state index contributed by atoms with van der Waals surface area (Å²) < 4.78 is 1.78. The molecule has 5 heteroatoms. The van der Waals surface area contributed by atoms with Gasteiger partial charge in [-0.15, -0.1) is 0 Å². The molecule has 0 fully saturated rings. The Kier molecular flexibility index (Phi) is 4.27. The molecule has 0 aliphatic heterocycles. The minimum absolute atomic E-state index is 0.235. The van der Waals surface area contributed by atoms with Gasteiger partial charge in [0.1, 0.15) is 5.82 Å². The van der Waals surface area contributed by atoms with Gasteiger partial charge in [-0.1, -0.05) is 6.92 Å². The summed E-state index contributed by atoms with van der Waals surface area (Å²) in [4.78, 5) is 14.6. The van der Waals surface area contributed by atoms with Crippen LogP contribution in [0.25, 0.3) is 0 Å². The fourth-order valence-corrected chi connectivity index (χ4v) is 1.40. The van der Waals surface area contributed by atoms with Gasteiger partial charge in [-0.05, 0) is 12.8 Å². The van der Waals surface area contributed by atoms with Crippen LogP contribution < -0.4 is 0 Å². The van der Waals surface area contributed by atoms with E-state index in [1.54, 1.807) is 4.68 Å². The second-order valence-electron chi connectivity index (χ2n) is 3.52. The van der Waals surface area contributed by atoms with Crippen LogP contribution in [-0.2, 0) is 24.7 Å². The van der Waals surface area contributed by atoms with Gasteiger partial charge in [-0.25, -0.2) is 4.98 Å². The molecular weight excluding hydrogens is 194 g/mol. The van der Waals surface area contributed by atoms with E-state index in [0.717, 1.165) is 30.9 Å². The Labute approximate surface area is 89.1 Å². The van der Waals surface area contributed by atoms with E-state index < -0.39 is 5.97 Å². The van der Waals surface area contributed by atoms with Gasteiger partial charge in [0.15, 0.2) is 5.82 Å². The lowest BCUT2D eigenvalue weighted by Crippen LogP contribution is -2.00. The number of unbranched alkanes of at least 4 members (excludes halogenated alkanes) is 1. The van der Waals surface area contributed by atoms with E-state index in [-0.39, 0.29) is 6.42 Å². The van der Waals surface area contributed by atoms with Crippen molar-refractivity contribution in [1.29, 1.82) is 0 Å². The highest BCUT2D eigenvalue weighted by Gasteiger charge is 2.05. The molecular formula is C10H17N3O2. The van der Waals surface area contributed by atoms with E-state index in [9.17, 15) is 4.79 Å². The van der Waals surface area contributed by atoms with Crippen LogP contribution in [0.3, 0.4) is 0 Å². The number of aliphatic carboxylic acids is 1. The first-order chi connectivity index (χ1) is 7.13. The minimum atomic E-state index is -0.734. The van der Waals surface area contributed by atoms with Gasteiger partial charge < -0.3 is 5.11 Å². The number of hydrogen-bond acceptors (Lipinski definition) is 3. The molecule has 0 atom stereocenters. The zero-order valence-electron chi connectivity index (χ0n) is 9.23. The smallest absolute Gasteiger partial charge is 0.303 e. The van der Waals surface area contributed by atoms with Crippen LogP contribution in [-0.4, -0.2) is 25.8 Å². The van der Waals surface area contributed by atoms with Crippen molar-refractivity contribution in [3.63, 3.8) is 0 Å². The molecule has 0 spiro atoms. The van der Waals surface area contributed by atoms with E-state index in [2.05, 4.69) is 10.1 Å². The molecule has 1 aromatic rings. The van der Waals surface area contributed by atoms with Crippen molar-refractivity contribution in [2.24, 2.45) is 7.05 Å². The maximum atomic E-state index is 10.3. The molecule has 0 bridgehead atoms. The number of carboxylic acids is 1. The van der Waals surface area contributed by atoms with Crippen LogP contribution in [0, 0.1) is 0 Å². The topological polar surface area (TPSA) is 68.0 Å². The summed E-state index contributed by atoms with van der Waals surface area (Å²) >= 11 is 0. The van der Waals surface area contributed by atoms with Crippen LogP contribution in [0.4, 0.5) is 0 Å². The molecule has 0 unspecified atom stereocenters. The Morgan fingerprint density at radius 3 is 2.73 bits per heavy atom. The average Bonchev–Trinajstić information content (AvgIpc) is 2.54. The lowest BCUT2D eigenvalue weighted by atomic mass is 10.2. The second kappa shape index (κ2) is 5.48. The molecule has 0 aromatic carbocycles. The number of rotatable bonds is 6. The Balaban J connectivity index is 2.36. The molecule has 1 rings (SSSR count). The summed E-state index contributed by atoms with van der Waals surface area (Å²) in [5.74, 6) is 1.06. The van der Waals surface area contributed by atoms with Gasteiger partial charge in [0.25, 0.3) is 0 Å². The van der Waals surface area contributed by atoms with E-state index in [1.807, 2.05) is 14.0 Å². The highest BCUT2D eigenvalue weighted by Crippen LogP contribution is 2.04.